The summed E-state index contributed by atoms with van der Waals surface area (Å²) in [6.07, 6.45) is 8.54. The van der Waals surface area contributed by atoms with Gasteiger partial charge >= 0.3 is 7.55 Å². The molecule has 0 atom stereocenters. The minimum Gasteiger partial charge on any atom is -0.340 e. The predicted molar refractivity (Wildman–Crippen MR) is 48.7 cm³/mol. The number of allylic oxidation sites excluding steroid dienone is 2. The van der Waals surface area contributed by atoms with Crippen LogP contribution in [-0.4, -0.2) is 22.2 Å². The van der Waals surface area contributed by atoms with Crippen LogP contribution in [0, 0.1) is 0 Å². The minimum absolute atomic E-state index is 1.40. The minimum atomic E-state index is 1.40. The standard InChI is InChI=1S/C7H10BN4/c1-2-3-6-11(9)8-12-7-4-5-10-12/h2-7H,1,9H2. The molecule has 4 nitrogen and oxygen atoms in total. The summed E-state index contributed by atoms with van der Waals surface area (Å²) in [6.45, 7) is 3.52. The van der Waals surface area contributed by atoms with E-state index < -0.39 is 0 Å². The van der Waals surface area contributed by atoms with E-state index in [9.17, 15) is 0 Å². The Labute approximate surface area is 72.2 Å². The number of nitrogens with zero attached hydrogens (tertiary/aromatic N) is 3. The zero-order valence-electron chi connectivity index (χ0n) is 6.67. The molecule has 0 spiro atoms. The molecule has 1 radical (unpaired) electrons. The van der Waals surface area contributed by atoms with Gasteiger partial charge in [0.05, 0.1) is 0 Å². The van der Waals surface area contributed by atoms with Gasteiger partial charge in [-0.05, 0) is 12.1 Å². The second kappa shape index (κ2) is 4.40. The van der Waals surface area contributed by atoms with Crippen LogP contribution >= 0.6 is 0 Å². The lowest BCUT2D eigenvalue weighted by Crippen LogP contribution is -2.34. The van der Waals surface area contributed by atoms with E-state index in [1.54, 1.807) is 42.9 Å². The molecule has 12 heavy (non-hydrogen) atoms. The van der Waals surface area contributed by atoms with Crippen LogP contribution in [0.25, 0.3) is 0 Å². The summed E-state index contributed by atoms with van der Waals surface area (Å²) in [6, 6.07) is 1.82. The Morgan fingerprint density at radius 1 is 1.67 bits per heavy atom. The van der Waals surface area contributed by atoms with E-state index in [4.69, 9.17) is 5.84 Å². The van der Waals surface area contributed by atoms with E-state index in [0.29, 0.717) is 0 Å². The largest absolute Gasteiger partial charge is 0.430 e. The van der Waals surface area contributed by atoms with Gasteiger partial charge in [0.25, 0.3) is 0 Å². The first kappa shape index (κ1) is 8.61. The molecule has 5 heteroatoms. The summed E-state index contributed by atoms with van der Waals surface area (Å²) in [7, 11) is 1.64. The highest BCUT2D eigenvalue weighted by atomic mass is 15.4. The fourth-order valence-electron chi connectivity index (χ4n) is 0.684. The van der Waals surface area contributed by atoms with Gasteiger partial charge in [-0.25, -0.2) is 0 Å². The smallest absolute Gasteiger partial charge is 0.340 e. The average Bonchev–Trinajstić information content (AvgIpc) is 2.53. The average molecular weight is 161 g/mol. The first-order valence-corrected chi connectivity index (χ1v) is 3.49. The second-order valence-corrected chi connectivity index (χ2v) is 2.13. The molecule has 1 heterocycles. The van der Waals surface area contributed by atoms with Crippen LogP contribution in [0.2, 0.25) is 0 Å². The first-order chi connectivity index (χ1) is 5.83. The SMILES string of the molecule is C=CC=CN(N)[B]n1cccn1. The molecule has 1 aromatic rings. The van der Waals surface area contributed by atoms with Crippen molar-refractivity contribution in [2.75, 3.05) is 0 Å². The third kappa shape index (κ3) is 2.63. The van der Waals surface area contributed by atoms with Crippen molar-refractivity contribution in [3.05, 3.63) is 43.4 Å². The molecule has 0 fully saturated rings. The Hall–Kier alpha value is -1.49. The fraction of sp³-hybridized carbons (Fsp3) is 0. The monoisotopic (exact) mass is 161 g/mol. The number of aromatic nitrogens is 2. The van der Waals surface area contributed by atoms with Gasteiger partial charge < -0.3 is 4.92 Å². The topological polar surface area (TPSA) is 47.1 Å². The van der Waals surface area contributed by atoms with Gasteiger partial charge in [-0.2, -0.15) is 5.10 Å². The van der Waals surface area contributed by atoms with E-state index in [2.05, 4.69) is 11.7 Å². The van der Waals surface area contributed by atoms with Gasteiger partial charge in [-0.15, -0.1) is 0 Å². The van der Waals surface area contributed by atoms with Gasteiger partial charge in [0.1, 0.15) is 0 Å². The van der Waals surface area contributed by atoms with Crippen molar-refractivity contribution in [3.8, 4) is 0 Å². The Kier molecular flexibility index (Phi) is 3.16. The third-order valence-electron chi connectivity index (χ3n) is 1.17. The molecule has 0 saturated heterocycles. The molecular weight excluding hydrogens is 151 g/mol. The van der Waals surface area contributed by atoms with Crippen LogP contribution < -0.4 is 5.84 Å². The number of hydrazine groups is 1. The lowest BCUT2D eigenvalue weighted by Gasteiger charge is -2.09. The molecule has 0 bridgehead atoms. The highest BCUT2D eigenvalue weighted by Gasteiger charge is 1.98. The van der Waals surface area contributed by atoms with Crippen molar-refractivity contribution >= 4 is 7.55 Å². The van der Waals surface area contributed by atoms with Gasteiger partial charge in [-0.1, -0.05) is 12.7 Å². The maximum atomic E-state index is 5.53. The van der Waals surface area contributed by atoms with Crippen LogP contribution in [0.15, 0.2) is 43.4 Å². The van der Waals surface area contributed by atoms with Gasteiger partial charge in [0.15, 0.2) is 0 Å². The lowest BCUT2D eigenvalue weighted by atomic mass is 10.2. The summed E-state index contributed by atoms with van der Waals surface area (Å²) in [5, 5.41) is 3.94. The summed E-state index contributed by atoms with van der Waals surface area (Å²) in [5.74, 6) is 5.53. The molecule has 0 aliphatic heterocycles. The number of nitrogens with two attached hydrogens (primary N) is 1. The molecule has 61 valence electrons. The Morgan fingerprint density at radius 3 is 3.08 bits per heavy atom. The van der Waals surface area contributed by atoms with Crippen molar-refractivity contribution in [1.82, 2.24) is 14.6 Å². The Balaban J connectivity index is 2.41. The van der Waals surface area contributed by atoms with Crippen LogP contribution in [0.5, 0.6) is 0 Å². The fourth-order valence-corrected chi connectivity index (χ4v) is 0.684. The molecule has 2 N–H and O–H groups in total. The predicted octanol–water partition coefficient (Wildman–Crippen LogP) is 0.141. The Morgan fingerprint density at radius 2 is 2.50 bits per heavy atom. The highest BCUT2D eigenvalue weighted by Crippen LogP contribution is 1.83. The number of hydrogen-bond acceptors (Lipinski definition) is 3. The van der Waals surface area contributed by atoms with Crippen LogP contribution in [0.1, 0.15) is 0 Å². The summed E-state index contributed by atoms with van der Waals surface area (Å²) in [4.78, 5) is 1.40. The van der Waals surface area contributed by atoms with Crippen molar-refractivity contribution in [1.29, 1.82) is 0 Å². The molecular formula is C7H10BN4. The molecule has 0 saturated carbocycles. The molecule has 0 aliphatic rings. The maximum absolute atomic E-state index is 5.53. The van der Waals surface area contributed by atoms with Crippen molar-refractivity contribution in [2.45, 2.75) is 0 Å². The number of hydrogen-bond donors (Lipinski definition) is 1. The first-order valence-electron chi connectivity index (χ1n) is 3.49. The van der Waals surface area contributed by atoms with Crippen molar-refractivity contribution in [2.24, 2.45) is 5.84 Å². The molecule has 0 aliphatic carbocycles. The summed E-state index contributed by atoms with van der Waals surface area (Å²) in [5.41, 5.74) is 0. The van der Waals surface area contributed by atoms with E-state index in [-0.39, 0.29) is 0 Å². The van der Waals surface area contributed by atoms with E-state index in [0.717, 1.165) is 0 Å². The van der Waals surface area contributed by atoms with E-state index in [1.165, 1.54) is 4.92 Å². The summed E-state index contributed by atoms with van der Waals surface area (Å²) < 4.78 is 1.60. The quantitative estimate of drug-likeness (QED) is 0.295. The molecule has 0 amide bonds. The molecule has 1 rings (SSSR count). The highest BCUT2D eigenvalue weighted by molar-refractivity contribution is 6.29. The van der Waals surface area contributed by atoms with Crippen LogP contribution in [-0.2, 0) is 0 Å². The van der Waals surface area contributed by atoms with Crippen LogP contribution in [0.3, 0.4) is 0 Å². The molecule has 1 aromatic heterocycles. The van der Waals surface area contributed by atoms with Crippen molar-refractivity contribution < 1.29 is 0 Å². The third-order valence-corrected chi connectivity index (χ3v) is 1.17. The van der Waals surface area contributed by atoms with Gasteiger partial charge in [0, 0.05) is 18.6 Å². The number of rotatable bonds is 4. The zero-order chi connectivity index (χ0) is 8.81. The molecule has 0 aromatic carbocycles. The van der Waals surface area contributed by atoms with Crippen molar-refractivity contribution in [3.63, 3.8) is 0 Å². The van der Waals surface area contributed by atoms with E-state index in [1.807, 2.05) is 6.07 Å². The maximum Gasteiger partial charge on any atom is 0.430 e. The summed E-state index contributed by atoms with van der Waals surface area (Å²) >= 11 is 0. The Bertz CT molecular complexity index is 254. The lowest BCUT2D eigenvalue weighted by molar-refractivity contribution is 0.612. The zero-order valence-corrected chi connectivity index (χ0v) is 6.67. The normalized spacial score (nSPS) is 10.1. The molecule has 0 unspecified atom stereocenters. The second-order valence-electron chi connectivity index (χ2n) is 2.13. The van der Waals surface area contributed by atoms with Crippen LogP contribution in [0.4, 0.5) is 0 Å². The van der Waals surface area contributed by atoms with E-state index >= 15 is 0 Å². The van der Waals surface area contributed by atoms with Gasteiger partial charge in [0.2, 0.25) is 0 Å². The van der Waals surface area contributed by atoms with Gasteiger partial charge in [-0.3, -0.25) is 10.4 Å².